The number of likely N-dealkylation sites (tertiary alicyclic amines) is 1. The van der Waals surface area contributed by atoms with Crippen molar-refractivity contribution in [1.29, 1.82) is 0 Å². The monoisotopic (exact) mass is 724 g/mol. The molecule has 0 saturated carbocycles. The van der Waals surface area contributed by atoms with Crippen LogP contribution in [0.1, 0.15) is 64.6 Å². The number of nitrogens with one attached hydrogen (secondary N) is 2. The number of carbonyl (C=O) groups excluding carboxylic acids is 2. The van der Waals surface area contributed by atoms with Gasteiger partial charge in [-0.3, -0.25) is 19.8 Å². The lowest BCUT2D eigenvalue weighted by atomic mass is 9.93. The topological polar surface area (TPSA) is 129 Å². The van der Waals surface area contributed by atoms with Gasteiger partial charge >= 0.3 is 6.03 Å². The number of anilines is 2. The second kappa shape index (κ2) is 17.6. The Bertz CT molecular complexity index is 1750. The van der Waals surface area contributed by atoms with E-state index in [-0.39, 0.29) is 48.3 Å². The van der Waals surface area contributed by atoms with E-state index >= 15 is 4.39 Å². The van der Waals surface area contributed by atoms with Gasteiger partial charge in [-0.1, -0.05) is 13.8 Å². The molecule has 0 atom stereocenters. The third kappa shape index (κ3) is 9.25. The van der Waals surface area contributed by atoms with Crippen molar-refractivity contribution in [3.8, 4) is 5.75 Å². The molecule has 4 aliphatic heterocycles. The first-order valence-electron chi connectivity index (χ1n) is 18.7. The maximum Gasteiger partial charge on any atom is 0.328 e. The van der Waals surface area contributed by atoms with Gasteiger partial charge < -0.3 is 29.0 Å². The van der Waals surface area contributed by atoms with Crippen LogP contribution in [0.3, 0.4) is 0 Å². The number of nitrogens with zero attached hydrogens (tertiary/aromatic N) is 4. The summed E-state index contributed by atoms with van der Waals surface area (Å²) in [5, 5.41) is 2.19. The fourth-order valence-electron chi connectivity index (χ4n) is 7.44. The number of urea groups is 1. The number of ether oxygens (including phenoxy) is 3. The number of imide groups is 1. The summed E-state index contributed by atoms with van der Waals surface area (Å²) in [6.07, 6.45) is 5.70. The lowest BCUT2D eigenvalue weighted by molar-refractivity contribution is -0.120. The highest BCUT2D eigenvalue weighted by Gasteiger charge is 2.28. The Labute approximate surface area is 302 Å². The Balaban J connectivity index is 0.00000228. The molecule has 282 valence electrons. The molecule has 3 amide bonds. The van der Waals surface area contributed by atoms with Gasteiger partial charge in [-0.15, -0.1) is 0 Å². The van der Waals surface area contributed by atoms with Crippen LogP contribution in [0.2, 0.25) is 0 Å². The summed E-state index contributed by atoms with van der Waals surface area (Å²) in [5.74, 6) is 0.234. The van der Waals surface area contributed by atoms with Crippen LogP contribution in [0.15, 0.2) is 35.1 Å². The molecule has 3 aromatic rings. The van der Waals surface area contributed by atoms with Gasteiger partial charge in [0, 0.05) is 63.6 Å². The zero-order chi connectivity index (χ0) is 36.6. The average molecular weight is 725 g/mol. The third-order valence-corrected chi connectivity index (χ3v) is 10.4. The van der Waals surface area contributed by atoms with Crippen LogP contribution >= 0.6 is 0 Å². The second-order valence-electron chi connectivity index (χ2n) is 13.8. The number of H-pyrrole nitrogens is 1. The molecule has 4 aliphatic rings. The summed E-state index contributed by atoms with van der Waals surface area (Å²) in [6.45, 7) is 10.6. The molecular weight excluding hydrogens is 674 g/mol. The van der Waals surface area contributed by atoms with Crippen LogP contribution < -0.4 is 25.4 Å². The highest BCUT2D eigenvalue weighted by atomic mass is 19.1. The van der Waals surface area contributed by atoms with E-state index in [1.54, 1.807) is 18.2 Å². The van der Waals surface area contributed by atoms with Crippen molar-refractivity contribution in [2.45, 2.75) is 71.5 Å². The van der Waals surface area contributed by atoms with Gasteiger partial charge in [-0.05, 0) is 81.6 Å². The standard InChI is InChI=1S/C36H44F2N6O6.C2H6/c37-28-17-25(44-14-7-33(45)41-36(44)47)1-2-31(28)43-12-5-23(6-13-43)20-42-10-3-24(4-11-42)21-49-27-18-29(38)34-30(19-27)39-32(40-35(34)46)22-50-26-8-15-48-16-9-26;1-2/h1-2,17-19,23-24,26H,3-16,20-22H2,(H,39,40,46)(H,41,45,47);1-2H3. The number of hydrogen-bond acceptors (Lipinski definition) is 9. The van der Waals surface area contributed by atoms with Gasteiger partial charge in [0.2, 0.25) is 5.91 Å². The molecule has 12 nitrogen and oxygen atoms in total. The zero-order valence-corrected chi connectivity index (χ0v) is 30.1. The van der Waals surface area contributed by atoms with Gasteiger partial charge in [0.1, 0.15) is 35.2 Å². The first-order chi connectivity index (χ1) is 25.3. The molecule has 0 bridgehead atoms. The predicted octanol–water partition coefficient (Wildman–Crippen LogP) is 5.38. The summed E-state index contributed by atoms with van der Waals surface area (Å²) in [6, 6.07) is 7.21. The molecule has 2 aromatic carbocycles. The number of benzene rings is 2. The van der Waals surface area contributed by atoms with E-state index in [0.717, 1.165) is 71.2 Å². The van der Waals surface area contributed by atoms with Crippen molar-refractivity contribution >= 4 is 34.2 Å². The fraction of sp³-hybridized carbons (Fsp3) is 0.579. The third-order valence-electron chi connectivity index (χ3n) is 10.4. The molecule has 14 heteroatoms. The van der Waals surface area contributed by atoms with E-state index in [9.17, 15) is 18.8 Å². The number of halogens is 2. The molecule has 0 unspecified atom stereocenters. The Kier molecular flexibility index (Phi) is 12.7. The average Bonchev–Trinajstić information content (AvgIpc) is 3.15. The minimum atomic E-state index is -0.658. The van der Waals surface area contributed by atoms with Crippen molar-refractivity contribution in [3.05, 3.63) is 58.1 Å². The van der Waals surface area contributed by atoms with Gasteiger partial charge in [-0.2, -0.15) is 0 Å². The lowest BCUT2D eigenvalue weighted by Crippen LogP contribution is -2.49. The minimum Gasteiger partial charge on any atom is -0.493 e. The Morgan fingerprint density at radius 3 is 2.33 bits per heavy atom. The van der Waals surface area contributed by atoms with Crippen LogP contribution in [-0.2, 0) is 20.9 Å². The van der Waals surface area contributed by atoms with E-state index < -0.39 is 17.4 Å². The number of rotatable bonds is 10. The number of fused-ring (bicyclic) bond motifs is 1. The molecule has 1 aromatic heterocycles. The molecule has 52 heavy (non-hydrogen) atoms. The van der Waals surface area contributed by atoms with Gasteiger partial charge in [-0.25, -0.2) is 18.6 Å². The summed E-state index contributed by atoms with van der Waals surface area (Å²) in [4.78, 5) is 49.3. The lowest BCUT2D eigenvalue weighted by Gasteiger charge is -2.38. The first kappa shape index (κ1) is 37.6. The zero-order valence-electron chi connectivity index (χ0n) is 30.1. The molecule has 2 N–H and O–H groups in total. The summed E-state index contributed by atoms with van der Waals surface area (Å²) in [7, 11) is 0. The normalized spacial score (nSPS) is 19.8. The minimum absolute atomic E-state index is 0.0465. The van der Waals surface area contributed by atoms with Crippen molar-refractivity contribution in [2.75, 3.05) is 68.9 Å². The van der Waals surface area contributed by atoms with Gasteiger partial charge in [0.15, 0.2) is 0 Å². The molecule has 4 fully saturated rings. The highest BCUT2D eigenvalue weighted by molar-refractivity contribution is 6.05. The quantitative estimate of drug-likeness (QED) is 0.283. The second-order valence-corrected chi connectivity index (χ2v) is 13.8. The summed E-state index contributed by atoms with van der Waals surface area (Å²) < 4.78 is 47.4. The molecular formula is C38H50F2N6O6. The number of piperidine rings is 2. The van der Waals surface area contributed by atoms with E-state index in [0.29, 0.717) is 54.6 Å². The molecule has 7 rings (SSSR count). The number of hydrogen-bond donors (Lipinski definition) is 2. The van der Waals surface area contributed by atoms with Crippen molar-refractivity contribution in [1.82, 2.24) is 20.2 Å². The van der Waals surface area contributed by atoms with Gasteiger partial charge in [0.25, 0.3) is 5.56 Å². The SMILES string of the molecule is CC.O=C1CCN(c2ccc(N3CCC(CN4CCC(COc5cc(F)c6c(=O)[nH]c(COC7CCOCC7)nc6c5)CC4)CC3)c(F)c2)C(=O)N1. The van der Waals surface area contributed by atoms with Gasteiger partial charge in [0.05, 0.1) is 23.9 Å². The largest absolute Gasteiger partial charge is 0.493 e. The molecule has 5 heterocycles. The van der Waals surface area contributed by atoms with Crippen LogP contribution in [0.25, 0.3) is 10.9 Å². The summed E-state index contributed by atoms with van der Waals surface area (Å²) in [5.41, 5.74) is 0.698. The maximum absolute atomic E-state index is 15.2. The summed E-state index contributed by atoms with van der Waals surface area (Å²) >= 11 is 0. The van der Waals surface area contributed by atoms with E-state index in [1.165, 1.54) is 17.0 Å². The van der Waals surface area contributed by atoms with Crippen LogP contribution in [0, 0.1) is 23.5 Å². The van der Waals surface area contributed by atoms with Crippen molar-refractivity contribution in [3.63, 3.8) is 0 Å². The maximum atomic E-state index is 15.2. The highest BCUT2D eigenvalue weighted by Crippen LogP contribution is 2.31. The predicted molar refractivity (Wildman–Crippen MR) is 194 cm³/mol. The van der Waals surface area contributed by atoms with Crippen LogP contribution in [0.5, 0.6) is 5.75 Å². The molecule has 0 spiro atoms. The molecule has 0 aliphatic carbocycles. The van der Waals surface area contributed by atoms with E-state index in [4.69, 9.17) is 14.2 Å². The molecule has 0 radical (unpaired) electrons. The van der Waals surface area contributed by atoms with E-state index in [2.05, 4.69) is 25.1 Å². The van der Waals surface area contributed by atoms with Crippen molar-refractivity contribution < 1.29 is 32.6 Å². The Morgan fingerprint density at radius 2 is 1.62 bits per heavy atom. The molecule has 4 saturated heterocycles. The van der Waals surface area contributed by atoms with Crippen LogP contribution in [0.4, 0.5) is 25.0 Å². The fourth-order valence-corrected chi connectivity index (χ4v) is 7.44. The Morgan fingerprint density at radius 1 is 0.885 bits per heavy atom. The van der Waals surface area contributed by atoms with Crippen LogP contribution in [-0.4, -0.2) is 92.0 Å². The number of carbonyl (C=O) groups is 2. The Hall–Kier alpha value is -4.14. The number of amides is 3. The smallest absolute Gasteiger partial charge is 0.328 e. The van der Waals surface area contributed by atoms with E-state index in [1.807, 2.05) is 13.8 Å². The number of aromatic nitrogens is 2. The first-order valence-corrected chi connectivity index (χ1v) is 18.7. The van der Waals surface area contributed by atoms with Crippen molar-refractivity contribution in [2.24, 2.45) is 11.8 Å². The number of aromatic amines is 1.